The molecule has 0 saturated carbocycles. The zero-order valence-electron chi connectivity index (χ0n) is 15.0. The van der Waals surface area contributed by atoms with Crippen LogP contribution >= 0.6 is 0 Å². The molecule has 0 aliphatic heterocycles. The van der Waals surface area contributed by atoms with Crippen LogP contribution in [-0.2, 0) is 0 Å². The molecule has 1 aromatic heterocycles. The highest BCUT2D eigenvalue weighted by molar-refractivity contribution is 6.26. The maximum atomic E-state index is 9.45. The van der Waals surface area contributed by atoms with Crippen molar-refractivity contribution < 1.29 is 0 Å². The number of rotatable bonds is 0. The molecule has 132 valence electrons. The van der Waals surface area contributed by atoms with Crippen molar-refractivity contribution in [3.63, 3.8) is 0 Å². The van der Waals surface area contributed by atoms with Crippen molar-refractivity contribution in [2.45, 2.75) is 0 Å². The van der Waals surface area contributed by atoms with Crippen LogP contribution < -0.4 is 0 Å². The molecule has 7 nitrogen and oxygen atoms in total. The second-order valence-corrected chi connectivity index (χ2v) is 6.26. The van der Waals surface area contributed by atoms with Crippen molar-refractivity contribution in [1.82, 2.24) is 4.98 Å². The van der Waals surface area contributed by atoms with Crippen LogP contribution in [0.15, 0.2) is 30.3 Å². The first-order valence-electron chi connectivity index (χ1n) is 8.35. The Balaban J connectivity index is 2.42. The summed E-state index contributed by atoms with van der Waals surface area (Å²) < 4.78 is 0. The van der Waals surface area contributed by atoms with Crippen molar-refractivity contribution in [1.29, 1.82) is 15.8 Å². The molecule has 0 aliphatic rings. The number of nitriles is 3. The van der Waals surface area contributed by atoms with Crippen LogP contribution in [0.2, 0.25) is 0 Å². The number of aromatic nitrogens is 1. The second-order valence-electron chi connectivity index (χ2n) is 6.26. The molecule has 0 radical (unpaired) electrons. The minimum absolute atomic E-state index is 0.0685. The first-order valence-corrected chi connectivity index (χ1v) is 8.35. The SMILES string of the molecule is [C-]#[N+]c1cc2c(cc1C#N)c1cc(C#N)c(C#N)cc1c1cc([N+]#[C-])c([N+]#[C-])nc21. The van der Waals surface area contributed by atoms with Gasteiger partial charge in [0, 0.05) is 10.8 Å². The van der Waals surface area contributed by atoms with Crippen LogP contribution in [0.3, 0.4) is 0 Å². The van der Waals surface area contributed by atoms with E-state index >= 15 is 0 Å². The van der Waals surface area contributed by atoms with E-state index in [0.29, 0.717) is 32.4 Å². The summed E-state index contributed by atoms with van der Waals surface area (Å²) in [5, 5.41) is 31.1. The van der Waals surface area contributed by atoms with E-state index in [1.54, 1.807) is 18.2 Å². The minimum Gasteiger partial charge on any atom is -0.371 e. The predicted octanol–water partition coefficient (Wildman–Crippen LogP) is 5.81. The van der Waals surface area contributed by atoms with E-state index in [9.17, 15) is 15.8 Å². The van der Waals surface area contributed by atoms with Gasteiger partial charge in [-0.25, -0.2) is 9.69 Å². The Labute approximate surface area is 170 Å². The average Bonchev–Trinajstić information content (AvgIpc) is 2.81. The highest BCUT2D eigenvalue weighted by Gasteiger charge is 2.19. The molecule has 0 aliphatic carbocycles. The minimum atomic E-state index is -0.0685. The highest BCUT2D eigenvalue weighted by atomic mass is 14.9. The summed E-state index contributed by atoms with van der Waals surface area (Å²) in [6.07, 6.45) is 0. The first kappa shape index (κ1) is 17.9. The van der Waals surface area contributed by atoms with Crippen LogP contribution in [0.4, 0.5) is 17.2 Å². The molecule has 3 aromatic carbocycles. The number of benzene rings is 3. The lowest BCUT2D eigenvalue weighted by Crippen LogP contribution is -1.91. The Hall–Kier alpha value is -5.47. The number of fused-ring (bicyclic) bond motifs is 6. The van der Waals surface area contributed by atoms with Crippen molar-refractivity contribution in [2.75, 3.05) is 0 Å². The molecule has 0 N–H and O–H groups in total. The first-order chi connectivity index (χ1) is 14.6. The molecule has 0 amide bonds. The molecule has 0 saturated heterocycles. The molecule has 0 bridgehead atoms. The quantitative estimate of drug-likeness (QED) is 0.284. The lowest BCUT2D eigenvalue weighted by atomic mass is 9.92. The maximum Gasteiger partial charge on any atom is 0.274 e. The lowest BCUT2D eigenvalue weighted by Gasteiger charge is -2.11. The van der Waals surface area contributed by atoms with Gasteiger partial charge in [-0.2, -0.15) is 15.8 Å². The Morgan fingerprint density at radius 2 is 1.07 bits per heavy atom. The fourth-order valence-corrected chi connectivity index (χ4v) is 3.49. The summed E-state index contributed by atoms with van der Waals surface area (Å²) in [6.45, 7) is 22.1. The van der Waals surface area contributed by atoms with Gasteiger partial charge in [-0.05, 0) is 40.4 Å². The molecule has 4 rings (SSSR count). The Bertz CT molecular complexity index is 1340. The Morgan fingerprint density at radius 3 is 1.53 bits per heavy atom. The van der Waals surface area contributed by atoms with Crippen LogP contribution in [0.1, 0.15) is 16.7 Å². The molecule has 1 heterocycles. The molecule has 0 unspecified atom stereocenters. The summed E-state index contributed by atoms with van der Waals surface area (Å²) in [6, 6.07) is 13.7. The fraction of sp³-hybridized carbons (Fsp3) is 0. The number of nitrogens with zero attached hydrogens (tertiary/aromatic N) is 7. The lowest BCUT2D eigenvalue weighted by molar-refractivity contribution is 1.44. The van der Waals surface area contributed by atoms with Crippen molar-refractivity contribution in [2.24, 2.45) is 0 Å². The summed E-state index contributed by atoms with van der Waals surface area (Å²) in [7, 11) is 0. The predicted molar refractivity (Wildman–Crippen MR) is 110 cm³/mol. The largest absolute Gasteiger partial charge is 0.371 e. The van der Waals surface area contributed by atoms with Crippen LogP contribution in [0.5, 0.6) is 0 Å². The van der Waals surface area contributed by atoms with Crippen molar-refractivity contribution in [3.8, 4) is 18.2 Å². The summed E-state index contributed by atoms with van der Waals surface area (Å²) in [4.78, 5) is 14.5. The topological polar surface area (TPSA) is 97.3 Å². The molecule has 30 heavy (non-hydrogen) atoms. The molecular formula is C23H5N7. The van der Waals surface area contributed by atoms with E-state index < -0.39 is 0 Å². The van der Waals surface area contributed by atoms with Crippen LogP contribution in [0, 0.1) is 53.7 Å². The third-order valence-corrected chi connectivity index (χ3v) is 4.82. The smallest absolute Gasteiger partial charge is 0.274 e. The van der Waals surface area contributed by atoms with Crippen LogP contribution in [0.25, 0.3) is 47.0 Å². The van der Waals surface area contributed by atoms with Gasteiger partial charge >= 0.3 is 0 Å². The van der Waals surface area contributed by atoms with E-state index in [2.05, 4.69) is 19.5 Å². The average molecular weight is 379 g/mol. The molecular weight excluding hydrogens is 374 g/mol. The number of hydrogen-bond donors (Lipinski definition) is 0. The van der Waals surface area contributed by atoms with E-state index in [1.165, 1.54) is 12.1 Å². The second kappa shape index (κ2) is 6.60. The van der Waals surface area contributed by atoms with Gasteiger partial charge in [-0.1, -0.05) is 12.6 Å². The summed E-state index contributed by atoms with van der Waals surface area (Å²) >= 11 is 0. The Kier molecular flexibility index (Phi) is 3.94. The van der Waals surface area contributed by atoms with Crippen LogP contribution in [-0.4, -0.2) is 4.98 Å². The van der Waals surface area contributed by atoms with Gasteiger partial charge in [0.15, 0.2) is 5.52 Å². The number of pyridine rings is 1. The maximum absolute atomic E-state index is 9.45. The molecule has 0 fully saturated rings. The van der Waals surface area contributed by atoms with Gasteiger partial charge in [-0.15, -0.1) is 4.98 Å². The zero-order valence-corrected chi connectivity index (χ0v) is 15.0. The molecule has 4 aromatic rings. The standard InChI is InChI=1S/C23H5N7/c1-27-20-7-18-17(6-14(20)11-26)15-4-12(9-24)13(10-25)5-16(15)19-8-21(28-2)23(29-3)30-22(18)19/h4-8H. The van der Waals surface area contributed by atoms with Gasteiger partial charge in [0.1, 0.15) is 12.1 Å². The van der Waals surface area contributed by atoms with Gasteiger partial charge in [0.2, 0.25) is 11.4 Å². The fourth-order valence-electron chi connectivity index (χ4n) is 3.49. The Morgan fingerprint density at radius 1 is 0.600 bits per heavy atom. The van der Waals surface area contributed by atoms with Gasteiger partial charge in [0.25, 0.3) is 5.82 Å². The monoisotopic (exact) mass is 379 g/mol. The molecule has 7 heteroatoms. The van der Waals surface area contributed by atoms with Gasteiger partial charge < -0.3 is 4.85 Å². The third-order valence-electron chi connectivity index (χ3n) is 4.82. The van der Waals surface area contributed by atoms with Gasteiger partial charge in [-0.3, -0.25) is 0 Å². The molecule has 0 spiro atoms. The van der Waals surface area contributed by atoms with E-state index in [0.717, 1.165) is 0 Å². The number of hydrogen-bond acceptors (Lipinski definition) is 4. The van der Waals surface area contributed by atoms with E-state index in [-0.39, 0.29) is 33.9 Å². The van der Waals surface area contributed by atoms with E-state index in [4.69, 9.17) is 19.7 Å². The van der Waals surface area contributed by atoms with E-state index in [1.807, 2.05) is 18.2 Å². The summed E-state index contributed by atoms with van der Waals surface area (Å²) in [5.41, 5.74) is 1.11. The summed E-state index contributed by atoms with van der Waals surface area (Å²) in [5.74, 6) is -0.0685. The molecule has 0 atom stereocenters. The normalized spacial score (nSPS) is 9.80. The zero-order chi connectivity index (χ0) is 21.4. The highest BCUT2D eigenvalue weighted by Crippen LogP contribution is 2.41. The van der Waals surface area contributed by atoms with Crippen molar-refractivity contribution >= 4 is 49.6 Å². The van der Waals surface area contributed by atoms with Gasteiger partial charge in [0.05, 0.1) is 35.9 Å². The third kappa shape index (κ3) is 2.36. The van der Waals surface area contributed by atoms with Crippen molar-refractivity contribution in [3.05, 3.63) is 81.3 Å².